The molecule has 2 rings (SSSR count). The van der Waals surface area contributed by atoms with Gasteiger partial charge >= 0.3 is 6.03 Å². The van der Waals surface area contributed by atoms with Gasteiger partial charge in [0.05, 0.1) is 6.04 Å². The lowest BCUT2D eigenvalue weighted by atomic mass is 10.1. The summed E-state index contributed by atoms with van der Waals surface area (Å²) in [6.45, 7) is 0.761. The van der Waals surface area contributed by atoms with E-state index in [-0.39, 0.29) is 17.9 Å². The third-order valence-electron chi connectivity index (χ3n) is 3.65. The number of carbonyl (C=O) groups is 1. The number of benzene rings is 2. The number of amides is 2. The molecule has 0 radical (unpaired) electrons. The number of carbonyl (C=O) groups excluding carboxylic acids is 1. The number of urea groups is 1. The van der Waals surface area contributed by atoms with Gasteiger partial charge in [-0.15, -0.1) is 0 Å². The summed E-state index contributed by atoms with van der Waals surface area (Å²) in [7, 11) is 3.78. The van der Waals surface area contributed by atoms with Crippen LogP contribution in [0.5, 0.6) is 0 Å². The van der Waals surface area contributed by atoms with Crippen LogP contribution in [-0.2, 0) is 6.54 Å². The molecule has 0 saturated heterocycles. The Bertz CT molecular complexity index is 693. The SMILES string of the molecule is CN(C)C(CNC(=O)NCc1cccc(Cl)c1)c1cccc(F)c1. The van der Waals surface area contributed by atoms with Crippen LogP contribution in [0.3, 0.4) is 0 Å². The number of nitrogens with zero attached hydrogens (tertiary/aromatic N) is 1. The maximum atomic E-state index is 13.4. The second-order valence-electron chi connectivity index (χ2n) is 5.73. The first-order chi connectivity index (χ1) is 11.5. The van der Waals surface area contributed by atoms with Crippen molar-refractivity contribution in [1.82, 2.24) is 15.5 Å². The van der Waals surface area contributed by atoms with E-state index in [2.05, 4.69) is 10.6 Å². The van der Waals surface area contributed by atoms with Crippen molar-refractivity contribution in [2.75, 3.05) is 20.6 Å². The van der Waals surface area contributed by atoms with Crippen LogP contribution in [0.4, 0.5) is 9.18 Å². The van der Waals surface area contributed by atoms with E-state index in [1.54, 1.807) is 18.2 Å². The normalized spacial score (nSPS) is 12.0. The molecule has 0 aliphatic rings. The lowest BCUT2D eigenvalue weighted by molar-refractivity contribution is 0.232. The Morgan fingerprint density at radius 2 is 1.92 bits per heavy atom. The van der Waals surface area contributed by atoms with Crippen LogP contribution in [0.1, 0.15) is 17.2 Å². The Morgan fingerprint density at radius 1 is 1.17 bits per heavy atom. The van der Waals surface area contributed by atoms with Gasteiger partial charge in [0, 0.05) is 18.1 Å². The molecule has 0 aromatic heterocycles. The van der Waals surface area contributed by atoms with E-state index >= 15 is 0 Å². The number of rotatable bonds is 6. The fourth-order valence-corrected chi connectivity index (χ4v) is 2.61. The Morgan fingerprint density at radius 3 is 2.58 bits per heavy atom. The van der Waals surface area contributed by atoms with E-state index in [1.165, 1.54) is 12.1 Å². The summed E-state index contributed by atoms with van der Waals surface area (Å²) in [6, 6.07) is 13.3. The molecule has 0 spiro atoms. The zero-order valence-electron chi connectivity index (χ0n) is 13.7. The highest BCUT2D eigenvalue weighted by Crippen LogP contribution is 2.18. The Hall–Kier alpha value is -2.11. The molecule has 128 valence electrons. The lowest BCUT2D eigenvalue weighted by Crippen LogP contribution is -2.40. The van der Waals surface area contributed by atoms with Gasteiger partial charge in [0.1, 0.15) is 5.82 Å². The molecule has 2 aromatic carbocycles. The number of likely N-dealkylation sites (N-methyl/N-ethyl adjacent to an activating group) is 1. The van der Waals surface area contributed by atoms with Crippen molar-refractivity contribution in [3.05, 3.63) is 70.5 Å². The highest BCUT2D eigenvalue weighted by atomic mass is 35.5. The van der Waals surface area contributed by atoms with E-state index < -0.39 is 0 Å². The largest absolute Gasteiger partial charge is 0.336 e. The Balaban J connectivity index is 1.88. The topological polar surface area (TPSA) is 44.4 Å². The molecule has 1 atom stereocenters. The summed E-state index contributed by atoms with van der Waals surface area (Å²) in [6.07, 6.45) is 0. The van der Waals surface area contributed by atoms with E-state index in [0.717, 1.165) is 11.1 Å². The van der Waals surface area contributed by atoms with Gasteiger partial charge in [-0.05, 0) is 49.5 Å². The van der Waals surface area contributed by atoms with Gasteiger partial charge in [-0.2, -0.15) is 0 Å². The Kier molecular flexibility index (Phi) is 6.58. The summed E-state index contributed by atoms with van der Waals surface area (Å²) >= 11 is 5.91. The number of hydrogen-bond donors (Lipinski definition) is 2. The molecular formula is C18H21ClFN3O. The van der Waals surface area contributed by atoms with Crippen LogP contribution in [-0.4, -0.2) is 31.6 Å². The first-order valence-electron chi connectivity index (χ1n) is 7.64. The summed E-state index contributed by atoms with van der Waals surface area (Å²) in [5, 5.41) is 6.23. The molecule has 0 aliphatic carbocycles. The van der Waals surface area contributed by atoms with Crippen LogP contribution < -0.4 is 10.6 Å². The van der Waals surface area contributed by atoms with Crippen LogP contribution in [0.2, 0.25) is 5.02 Å². The maximum absolute atomic E-state index is 13.4. The molecule has 2 N–H and O–H groups in total. The molecule has 0 saturated carbocycles. The zero-order chi connectivity index (χ0) is 17.5. The minimum Gasteiger partial charge on any atom is -0.336 e. The lowest BCUT2D eigenvalue weighted by Gasteiger charge is -2.25. The molecule has 2 aromatic rings. The minimum absolute atomic E-state index is 0.113. The monoisotopic (exact) mass is 349 g/mol. The smallest absolute Gasteiger partial charge is 0.315 e. The second kappa shape index (κ2) is 8.66. The fourth-order valence-electron chi connectivity index (χ4n) is 2.39. The standard InChI is InChI=1S/C18H21ClFN3O/c1-23(2)17(14-6-4-8-16(20)10-14)12-22-18(24)21-11-13-5-3-7-15(19)9-13/h3-10,17H,11-12H2,1-2H3,(H2,21,22,24). The van der Waals surface area contributed by atoms with Crippen LogP contribution in [0.15, 0.2) is 48.5 Å². The summed E-state index contributed by atoms with van der Waals surface area (Å²) in [5.74, 6) is -0.287. The molecule has 4 nitrogen and oxygen atoms in total. The third kappa shape index (κ3) is 5.51. The van der Waals surface area contributed by atoms with Gasteiger partial charge in [-0.3, -0.25) is 0 Å². The molecule has 0 bridgehead atoms. The molecule has 0 heterocycles. The van der Waals surface area contributed by atoms with E-state index in [0.29, 0.717) is 18.1 Å². The zero-order valence-corrected chi connectivity index (χ0v) is 14.5. The van der Waals surface area contributed by atoms with Crippen molar-refractivity contribution in [3.8, 4) is 0 Å². The van der Waals surface area contributed by atoms with Crippen molar-refractivity contribution in [2.45, 2.75) is 12.6 Å². The van der Waals surface area contributed by atoms with Gasteiger partial charge in [0.2, 0.25) is 0 Å². The van der Waals surface area contributed by atoms with E-state index in [4.69, 9.17) is 11.6 Å². The molecule has 1 unspecified atom stereocenters. The third-order valence-corrected chi connectivity index (χ3v) is 3.89. The summed E-state index contributed by atoms with van der Waals surface area (Å²) in [4.78, 5) is 13.9. The number of nitrogens with one attached hydrogen (secondary N) is 2. The van der Waals surface area contributed by atoms with Crippen molar-refractivity contribution in [1.29, 1.82) is 0 Å². The van der Waals surface area contributed by atoms with Crippen molar-refractivity contribution >= 4 is 17.6 Å². The van der Waals surface area contributed by atoms with Crippen LogP contribution >= 0.6 is 11.6 Å². The predicted octanol–water partition coefficient (Wildman–Crippen LogP) is 3.58. The van der Waals surface area contributed by atoms with Gasteiger partial charge < -0.3 is 15.5 Å². The average Bonchev–Trinajstić information content (AvgIpc) is 2.53. The molecule has 0 fully saturated rings. The molecule has 24 heavy (non-hydrogen) atoms. The highest BCUT2D eigenvalue weighted by Gasteiger charge is 2.15. The van der Waals surface area contributed by atoms with Gasteiger partial charge in [0.25, 0.3) is 0 Å². The van der Waals surface area contributed by atoms with Gasteiger partial charge in [-0.25, -0.2) is 9.18 Å². The minimum atomic E-state index is -0.287. The van der Waals surface area contributed by atoms with Crippen LogP contribution in [0.25, 0.3) is 0 Å². The van der Waals surface area contributed by atoms with E-state index in [1.807, 2.05) is 37.2 Å². The fraction of sp³-hybridized carbons (Fsp3) is 0.278. The summed E-state index contributed by atoms with van der Waals surface area (Å²) in [5.41, 5.74) is 1.74. The number of hydrogen-bond acceptors (Lipinski definition) is 2. The molecule has 0 aliphatic heterocycles. The highest BCUT2D eigenvalue weighted by molar-refractivity contribution is 6.30. The quantitative estimate of drug-likeness (QED) is 0.837. The molecular weight excluding hydrogens is 329 g/mol. The number of halogens is 2. The van der Waals surface area contributed by atoms with Crippen molar-refractivity contribution < 1.29 is 9.18 Å². The van der Waals surface area contributed by atoms with Crippen LogP contribution in [0, 0.1) is 5.82 Å². The summed E-state index contributed by atoms with van der Waals surface area (Å²) < 4.78 is 13.4. The van der Waals surface area contributed by atoms with E-state index in [9.17, 15) is 9.18 Å². The van der Waals surface area contributed by atoms with Crippen molar-refractivity contribution in [3.63, 3.8) is 0 Å². The molecule has 2 amide bonds. The first kappa shape index (κ1) is 18.2. The second-order valence-corrected chi connectivity index (χ2v) is 6.16. The van der Waals surface area contributed by atoms with Gasteiger partial charge in [0.15, 0.2) is 0 Å². The van der Waals surface area contributed by atoms with Crippen molar-refractivity contribution in [2.24, 2.45) is 0 Å². The average molecular weight is 350 g/mol. The molecule has 6 heteroatoms. The maximum Gasteiger partial charge on any atom is 0.315 e. The van der Waals surface area contributed by atoms with Gasteiger partial charge in [-0.1, -0.05) is 35.9 Å². The first-order valence-corrected chi connectivity index (χ1v) is 8.01. The predicted molar refractivity (Wildman–Crippen MR) is 94.5 cm³/mol. The Labute approximate surface area is 146 Å².